The normalized spacial score (nSPS) is 25.7. The molecule has 0 aromatic heterocycles. The van der Waals surface area contributed by atoms with Gasteiger partial charge >= 0.3 is 6.09 Å². The van der Waals surface area contributed by atoms with Crippen molar-refractivity contribution >= 4 is 6.09 Å². The van der Waals surface area contributed by atoms with E-state index in [-0.39, 0.29) is 12.1 Å². The summed E-state index contributed by atoms with van der Waals surface area (Å²) in [4.78, 5) is 14.6. The van der Waals surface area contributed by atoms with Gasteiger partial charge in [-0.1, -0.05) is 30.3 Å². The van der Waals surface area contributed by atoms with Crippen LogP contribution in [0, 0.1) is 0 Å². The fraction of sp³-hybridized carbons (Fsp3) is 0.611. The van der Waals surface area contributed by atoms with Crippen molar-refractivity contribution in [3.63, 3.8) is 0 Å². The van der Waals surface area contributed by atoms with Gasteiger partial charge in [0, 0.05) is 38.3 Å². The van der Waals surface area contributed by atoms with Crippen LogP contribution < -0.4 is 10.6 Å². The number of hydrogen-bond donors (Lipinski definition) is 2. The van der Waals surface area contributed by atoms with Gasteiger partial charge in [-0.05, 0) is 31.2 Å². The number of benzene rings is 1. The summed E-state index contributed by atoms with van der Waals surface area (Å²) >= 11 is 0. The lowest BCUT2D eigenvalue weighted by Crippen LogP contribution is -2.52. The minimum Gasteiger partial charge on any atom is -0.445 e. The molecule has 2 N–H and O–H groups in total. The largest absolute Gasteiger partial charge is 0.445 e. The molecule has 0 radical (unpaired) electrons. The lowest BCUT2D eigenvalue weighted by molar-refractivity contribution is 0.109. The molecule has 1 saturated carbocycles. The second-order valence-electron chi connectivity index (χ2n) is 6.51. The Balaban J connectivity index is 1.42. The van der Waals surface area contributed by atoms with E-state index in [0.717, 1.165) is 44.6 Å². The first-order valence-electron chi connectivity index (χ1n) is 8.73. The average molecular weight is 317 g/mol. The summed E-state index contributed by atoms with van der Waals surface area (Å²) in [5.41, 5.74) is 1.02. The van der Waals surface area contributed by atoms with E-state index in [1.165, 1.54) is 12.8 Å². The monoisotopic (exact) mass is 317 g/mol. The molecule has 0 unspecified atom stereocenters. The maximum atomic E-state index is 12.0. The van der Waals surface area contributed by atoms with Gasteiger partial charge in [0.05, 0.1) is 0 Å². The molecular formula is C18H27N3O2. The number of ether oxygens (including phenoxy) is 1. The quantitative estimate of drug-likeness (QED) is 0.893. The smallest absolute Gasteiger partial charge is 0.407 e. The van der Waals surface area contributed by atoms with E-state index in [0.29, 0.717) is 12.6 Å². The van der Waals surface area contributed by atoms with E-state index in [9.17, 15) is 4.79 Å². The van der Waals surface area contributed by atoms with Gasteiger partial charge < -0.3 is 15.4 Å². The predicted octanol–water partition coefficient (Wildman–Crippen LogP) is 2.13. The van der Waals surface area contributed by atoms with Crippen molar-refractivity contribution in [3.8, 4) is 0 Å². The highest BCUT2D eigenvalue weighted by Gasteiger charge is 2.28. The average Bonchev–Trinajstić information content (AvgIpc) is 2.62. The van der Waals surface area contributed by atoms with Crippen molar-refractivity contribution < 1.29 is 9.53 Å². The number of piperazine rings is 1. The number of nitrogens with zero attached hydrogens (tertiary/aromatic N) is 1. The Morgan fingerprint density at radius 3 is 2.78 bits per heavy atom. The van der Waals surface area contributed by atoms with E-state index in [2.05, 4.69) is 15.5 Å². The van der Waals surface area contributed by atoms with Crippen LogP contribution >= 0.6 is 0 Å². The van der Waals surface area contributed by atoms with Gasteiger partial charge in [0.2, 0.25) is 0 Å². The fourth-order valence-electron chi connectivity index (χ4n) is 3.61. The molecular weight excluding hydrogens is 290 g/mol. The van der Waals surface area contributed by atoms with Gasteiger partial charge in [0.1, 0.15) is 6.61 Å². The molecule has 0 bridgehead atoms. The van der Waals surface area contributed by atoms with Crippen LogP contribution in [-0.4, -0.2) is 49.3 Å². The zero-order chi connectivity index (χ0) is 15.9. The van der Waals surface area contributed by atoms with E-state index < -0.39 is 0 Å². The topological polar surface area (TPSA) is 53.6 Å². The molecule has 23 heavy (non-hydrogen) atoms. The zero-order valence-corrected chi connectivity index (χ0v) is 13.7. The van der Waals surface area contributed by atoms with Crippen molar-refractivity contribution in [3.05, 3.63) is 35.9 Å². The first-order valence-corrected chi connectivity index (χ1v) is 8.73. The Kier molecular flexibility index (Phi) is 5.88. The molecule has 0 spiro atoms. The Morgan fingerprint density at radius 1 is 1.22 bits per heavy atom. The second kappa shape index (κ2) is 8.31. The summed E-state index contributed by atoms with van der Waals surface area (Å²) in [5.74, 6) is 0. The van der Waals surface area contributed by atoms with Gasteiger partial charge in [-0.3, -0.25) is 4.90 Å². The van der Waals surface area contributed by atoms with Crippen LogP contribution in [0.25, 0.3) is 0 Å². The number of hydrogen-bond acceptors (Lipinski definition) is 4. The number of rotatable bonds is 4. The Labute approximate surface area is 138 Å². The molecule has 1 saturated heterocycles. The van der Waals surface area contributed by atoms with Crippen molar-refractivity contribution in [2.45, 2.75) is 44.4 Å². The maximum absolute atomic E-state index is 12.0. The lowest BCUT2D eigenvalue weighted by Gasteiger charge is -2.39. The molecule has 1 aromatic carbocycles. The molecule has 2 aliphatic rings. The number of amides is 1. The first-order chi connectivity index (χ1) is 11.3. The van der Waals surface area contributed by atoms with E-state index in [1.54, 1.807) is 0 Å². The van der Waals surface area contributed by atoms with Crippen molar-refractivity contribution in [1.82, 2.24) is 15.5 Å². The number of nitrogens with one attached hydrogen (secondary N) is 2. The van der Waals surface area contributed by atoms with Crippen molar-refractivity contribution in [2.24, 2.45) is 0 Å². The van der Waals surface area contributed by atoms with Gasteiger partial charge in [-0.2, -0.15) is 0 Å². The Bertz CT molecular complexity index is 488. The van der Waals surface area contributed by atoms with Crippen LogP contribution in [0.4, 0.5) is 4.79 Å². The standard InChI is InChI=1S/C18H27N3O2/c22-18(23-14-15-5-2-1-3-6-15)20-16-7-4-8-17(13-16)21-11-9-19-10-12-21/h1-3,5-6,16-17,19H,4,7-14H2,(H,20,22)/t16-,17+/m0/s1. The molecule has 1 amide bonds. The first kappa shape index (κ1) is 16.3. The molecule has 1 aromatic rings. The highest BCUT2D eigenvalue weighted by molar-refractivity contribution is 5.67. The van der Waals surface area contributed by atoms with Gasteiger partial charge in [0.25, 0.3) is 0 Å². The summed E-state index contributed by atoms with van der Waals surface area (Å²) in [7, 11) is 0. The highest BCUT2D eigenvalue weighted by atomic mass is 16.5. The molecule has 1 aliphatic heterocycles. The summed E-state index contributed by atoms with van der Waals surface area (Å²) in [6, 6.07) is 10.6. The van der Waals surface area contributed by atoms with Gasteiger partial charge in [0.15, 0.2) is 0 Å². The van der Waals surface area contributed by atoms with E-state index in [1.807, 2.05) is 30.3 Å². The van der Waals surface area contributed by atoms with Crippen LogP contribution in [0.2, 0.25) is 0 Å². The molecule has 1 heterocycles. The van der Waals surface area contributed by atoms with Crippen LogP contribution in [0.15, 0.2) is 30.3 Å². The van der Waals surface area contributed by atoms with E-state index in [4.69, 9.17) is 4.74 Å². The zero-order valence-electron chi connectivity index (χ0n) is 13.7. The van der Waals surface area contributed by atoms with Crippen molar-refractivity contribution in [2.75, 3.05) is 26.2 Å². The number of carbonyl (C=O) groups excluding carboxylic acids is 1. The third-order valence-electron chi connectivity index (χ3n) is 4.85. The maximum Gasteiger partial charge on any atom is 0.407 e. The molecule has 1 aliphatic carbocycles. The molecule has 2 fully saturated rings. The predicted molar refractivity (Wildman–Crippen MR) is 90.2 cm³/mol. The van der Waals surface area contributed by atoms with Crippen LogP contribution in [-0.2, 0) is 11.3 Å². The molecule has 3 rings (SSSR count). The summed E-state index contributed by atoms with van der Waals surface area (Å²) < 4.78 is 5.34. The molecule has 5 heteroatoms. The third-order valence-corrected chi connectivity index (χ3v) is 4.85. The fourth-order valence-corrected chi connectivity index (χ4v) is 3.61. The lowest BCUT2D eigenvalue weighted by atomic mass is 9.89. The molecule has 5 nitrogen and oxygen atoms in total. The Hall–Kier alpha value is -1.59. The SMILES string of the molecule is O=C(N[C@H]1CCC[C@@H](N2CCNCC2)C1)OCc1ccccc1. The van der Waals surface area contributed by atoms with Gasteiger partial charge in [-0.25, -0.2) is 4.79 Å². The summed E-state index contributed by atoms with van der Waals surface area (Å²) in [6.07, 6.45) is 4.23. The van der Waals surface area contributed by atoms with Crippen LogP contribution in [0.1, 0.15) is 31.2 Å². The van der Waals surface area contributed by atoms with E-state index >= 15 is 0 Å². The molecule has 2 atom stereocenters. The van der Waals surface area contributed by atoms with Crippen LogP contribution in [0.3, 0.4) is 0 Å². The summed E-state index contributed by atoms with van der Waals surface area (Å²) in [6.45, 7) is 4.73. The Morgan fingerprint density at radius 2 is 2.00 bits per heavy atom. The molecule has 126 valence electrons. The summed E-state index contributed by atoms with van der Waals surface area (Å²) in [5, 5.41) is 6.45. The highest BCUT2D eigenvalue weighted by Crippen LogP contribution is 2.23. The van der Waals surface area contributed by atoms with Crippen LogP contribution in [0.5, 0.6) is 0 Å². The minimum atomic E-state index is -0.292. The third kappa shape index (κ3) is 4.94. The number of alkyl carbamates (subject to hydrolysis) is 1. The number of carbonyl (C=O) groups is 1. The van der Waals surface area contributed by atoms with Crippen molar-refractivity contribution in [1.29, 1.82) is 0 Å². The van der Waals surface area contributed by atoms with Gasteiger partial charge in [-0.15, -0.1) is 0 Å². The minimum absolute atomic E-state index is 0.243. The second-order valence-corrected chi connectivity index (χ2v) is 6.51.